The van der Waals surface area contributed by atoms with E-state index in [1.165, 1.54) is 10.9 Å². The molecule has 0 bridgehead atoms. The Hall–Kier alpha value is -2.06. The van der Waals surface area contributed by atoms with Gasteiger partial charge < -0.3 is 10.0 Å². The van der Waals surface area contributed by atoms with Crippen LogP contribution in [0.15, 0.2) is 6.20 Å². The summed E-state index contributed by atoms with van der Waals surface area (Å²) in [6.07, 6.45) is -4.14. The zero-order chi connectivity index (χ0) is 16.0. The van der Waals surface area contributed by atoms with Crippen LogP contribution in [0.1, 0.15) is 22.5 Å². The van der Waals surface area contributed by atoms with Crippen molar-refractivity contribution in [2.24, 2.45) is 12.5 Å². The topological polar surface area (TPSA) is 75.4 Å². The average Bonchev–Trinajstić information content (AvgIpc) is 2.92. The monoisotopic (exact) mass is 305 g/mol. The second-order valence-electron chi connectivity index (χ2n) is 5.16. The average molecular weight is 305 g/mol. The van der Waals surface area contributed by atoms with Crippen LogP contribution in [0, 0.1) is 12.3 Å². The number of aromatic nitrogens is 2. The normalized spacial score (nSPS) is 22.6. The molecular formula is C12H14F3N3O3. The minimum Gasteiger partial charge on any atom is -0.481 e. The molecule has 0 aliphatic carbocycles. The molecule has 2 heterocycles. The molecule has 21 heavy (non-hydrogen) atoms. The number of likely N-dealkylation sites (tertiary alicyclic amines) is 1. The van der Waals surface area contributed by atoms with E-state index >= 15 is 0 Å². The maximum atomic E-state index is 13.1. The number of carbonyl (C=O) groups excluding carboxylic acids is 1. The third-order valence-electron chi connectivity index (χ3n) is 3.75. The number of nitrogens with zero attached hydrogens (tertiary/aromatic N) is 3. The van der Waals surface area contributed by atoms with Crippen LogP contribution in [0.3, 0.4) is 0 Å². The van der Waals surface area contributed by atoms with Crippen LogP contribution in [0.25, 0.3) is 0 Å². The van der Waals surface area contributed by atoms with Gasteiger partial charge in [-0.3, -0.25) is 14.3 Å². The number of aryl methyl sites for hydroxylation is 2. The number of amides is 1. The van der Waals surface area contributed by atoms with Gasteiger partial charge in [0.2, 0.25) is 0 Å². The first-order valence-corrected chi connectivity index (χ1v) is 6.18. The van der Waals surface area contributed by atoms with E-state index in [-0.39, 0.29) is 12.1 Å². The standard InChI is InChI=1S/C12H14F3N3O3/c1-7-8(5-17(2)16-7)9(19)18-4-3-11(6-18,10(20)21)12(13,14)15/h5H,3-4,6H2,1-2H3,(H,20,21). The number of alkyl halides is 3. The molecule has 1 aromatic rings. The molecule has 1 saturated heterocycles. The Bertz CT molecular complexity index is 596. The van der Waals surface area contributed by atoms with Gasteiger partial charge in [-0.05, 0) is 13.3 Å². The fourth-order valence-corrected chi connectivity index (χ4v) is 2.49. The van der Waals surface area contributed by atoms with Crippen molar-refractivity contribution in [2.75, 3.05) is 13.1 Å². The number of rotatable bonds is 2. The highest BCUT2D eigenvalue weighted by Gasteiger charge is 2.64. The van der Waals surface area contributed by atoms with Gasteiger partial charge in [-0.15, -0.1) is 0 Å². The Morgan fingerprint density at radius 3 is 2.43 bits per heavy atom. The summed E-state index contributed by atoms with van der Waals surface area (Å²) in [6.45, 7) is 0.440. The Labute approximate surface area is 118 Å². The Morgan fingerprint density at radius 1 is 1.43 bits per heavy atom. The van der Waals surface area contributed by atoms with E-state index < -0.39 is 36.4 Å². The largest absolute Gasteiger partial charge is 0.481 e. The number of hydrogen-bond donors (Lipinski definition) is 1. The lowest BCUT2D eigenvalue weighted by Crippen LogP contribution is -2.47. The highest BCUT2D eigenvalue weighted by Crippen LogP contribution is 2.46. The highest BCUT2D eigenvalue weighted by atomic mass is 19.4. The summed E-state index contributed by atoms with van der Waals surface area (Å²) in [7, 11) is 1.59. The first-order chi connectivity index (χ1) is 9.58. The van der Waals surface area contributed by atoms with Crippen LogP contribution in [0.5, 0.6) is 0 Å². The Morgan fingerprint density at radius 2 is 2.05 bits per heavy atom. The van der Waals surface area contributed by atoms with Crippen molar-refractivity contribution >= 4 is 11.9 Å². The molecule has 9 heteroatoms. The van der Waals surface area contributed by atoms with Crippen LogP contribution in [0.4, 0.5) is 13.2 Å². The van der Waals surface area contributed by atoms with E-state index in [2.05, 4.69) is 5.10 Å². The summed E-state index contributed by atoms with van der Waals surface area (Å²) < 4.78 is 40.5. The number of carboxylic acid groups (broad SMARTS) is 1. The van der Waals surface area contributed by atoms with Gasteiger partial charge in [-0.2, -0.15) is 18.3 Å². The van der Waals surface area contributed by atoms with Gasteiger partial charge in [-0.1, -0.05) is 0 Å². The molecule has 0 aromatic carbocycles. The second kappa shape index (κ2) is 4.74. The first kappa shape index (κ1) is 15.3. The maximum absolute atomic E-state index is 13.1. The molecule has 2 rings (SSSR count). The molecular weight excluding hydrogens is 291 g/mol. The van der Waals surface area contributed by atoms with Crippen molar-refractivity contribution in [1.82, 2.24) is 14.7 Å². The van der Waals surface area contributed by atoms with Crippen LogP contribution >= 0.6 is 0 Å². The van der Waals surface area contributed by atoms with Crippen LogP contribution in [-0.4, -0.2) is 50.9 Å². The van der Waals surface area contributed by atoms with Gasteiger partial charge in [0.1, 0.15) is 0 Å². The van der Waals surface area contributed by atoms with Crippen molar-refractivity contribution < 1.29 is 27.9 Å². The highest BCUT2D eigenvalue weighted by molar-refractivity contribution is 5.96. The van der Waals surface area contributed by atoms with Gasteiger partial charge in [0.25, 0.3) is 5.91 Å². The van der Waals surface area contributed by atoms with Gasteiger partial charge >= 0.3 is 12.1 Å². The molecule has 0 spiro atoms. The third-order valence-corrected chi connectivity index (χ3v) is 3.75. The van der Waals surface area contributed by atoms with Crippen LogP contribution in [0.2, 0.25) is 0 Å². The molecule has 1 amide bonds. The molecule has 6 nitrogen and oxygen atoms in total. The van der Waals surface area contributed by atoms with E-state index in [1.807, 2.05) is 0 Å². The number of hydrogen-bond acceptors (Lipinski definition) is 3. The van der Waals surface area contributed by atoms with Gasteiger partial charge in [-0.25, -0.2) is 0 Å². The summed E-state index contributed by atoms with van der Waals surface area (Å²) in [4.78, 5) is 24.2. The van der Waals surface area contributed by atoms with Crippen molar-refractivity contribution in [3.8, 4) is 0 Å². The van der Waals surface area contributed by atoms with Crippen molar-refractivity contribution in [3.63, 3.8) is 0 Å². The van der Waals surface area contributed by atoms with E-state index in [1.54, 1.807) is 14.0 Å². The molecule has 1 aliphatic rings. The summed E-state index contributed by atoms with van der Waals surface area (Å²) >= 11 is 0. The van der Waals surface area contributed by atoms with E-state index in [0.717, 1.165) is 4.90 Å². The minimum absolute atomic E-state index is 0.181. The van der Waals surface area contributed by atoms with E-state index in [9.17, 15) is 22.8 Å². The van der Waals surface area contributed by atoms with Gasteiger partial charge in [0.05, 0.1) is 11.3 Å². The fraction of sp³-hybridized carbons (Fsp3) is 0.583. The number of carbonyl (C=O) groups is 2. The van der Waals surface area contributed by atoms with Crippen molar-refractivity contribution in [3.05, 3.63) is 17.5 Å². The van der Waals surface area contributed by atoms with E-state index in [0.29, 0.717) is 5.69 Å². The quantitative estimate of drug-likeness (QED) is 0.891. The number of carboxylic acids is 1. The summed E-state index contributed by atoms with van der Waals surface area (Å²) in [5, 5.41) is 12.9. The predicted octanol–water partition coefficient (Wildman–Crippen LogP) is 1.21. The first-order valence-electron chi connectivity index (χ1n) is 6.18. The smallest absolute Gasteiger partial charge is 0.406 e. The lowest BCUT2D eigenvalue weighted by Gasteiger charge is -2.27. The molecule has 1 atom stereocenters. The fourth-order valence-electron chi connectivity index (χ4n) is 2.49. The number of aliphatic carboxylic acids is 1. The molecule has 116 valence electrons. The Kier molecular flexibility index (Phi) is 3.46. The zero-order valence-corrected chi connectivity index (χ0v) is 11.4. The minimum atomic E-state index is -4.90. The lowest BCUT2D eigenvalue weighted by molar-refractivity contribution is -0.227. The molecule has 1 unspecified atom stereocenters. The molecule has 0 radical (unpaired) electrons. The Balaban J connectivity index is 2.28. The van der Waals surface area contributed by atoms with Crippen LogP contribution < -0.4 is 0 Å². The molecule has 0 saturated carbocycles. The van der Waals surface area contributed by atoms with Crippen molar-refractivity contribution in [2.45, 2.75) is 19.5 Å². The maximum Gasteiger partial charge on any atom is 0.406 e. The summed E-state index contributed by atoms with van der Waals surface area (Å²) in [6, 6.07) is 0. The molecule has 1 fully saturated rings. The van der Waals surface area contributed by atoms with E-state index in [4.69, 9.17) is 5.11 Å². The summed E-state index contributed by atoms with van der Waals surface area (Å²) in [5.74, 6) is -2.58. The molecule has 1 aliphatic heterocycles. The molecule has 1 aromatic heterocycles. The lowest BCUT2D eigenvalue weighted by atomic mass is 9.86. The van der Waals surface area contributed by atoms with Crippen LogP contribution in [-0.2, 0) is 11.8 Å². The second-order valence-corrected chi connectivity index (χ2v) is 5.16. The van der Waals surface area contributed by atoms with Gasteiger partial charge in [0.15, 0.2) is 5.41 Å². The summed E-state index contributed by atoms with van der Waals surface area (Å²) in [5.41, 5.74) is -2.32. The molecule has 1 N–H and O–H groups in total. The third kappa shape index (κ3) is 2.36. The SMILES string of the molecule is Cc1nn(C)cc1C(=O)N1CCC(C(=O)O)(C(F)(F)F)C1. The predicted molar refractivity (Wildman–Crippen MR) is 64.6 cm³/mol. The number of halogens is 3. The van der Waals surface area contributed by atoms with Crippen molar-refractivity contribution in [1.29, 1.82) is 0 Å². The van der Waals surface area contributed by atoms with Gasteiger partial charge in [0, 0.05) is 26.3 Å². The zero-order valence-electron chi connectivity index (χ0n) is 11.4.